The molecular formula is C21H21FN6O2. The van der Waals surface area contributed by atoms with Crippen LogP contribution in [0, 0.1) is 31.0 Å². The molecule has 0 aliphatic carbocycles. The largest absolute Gasteiger partial charge is 0.367 e. The van der Waals surface area contributed by atoms with E-state index >= 15 is 0 Å². The quantitative estimate of drug-likeness (QED) is 0.708. The predicted octanol–water partition coefficient (Wildman–Crippen LogP) is 2.61. The Labute approximate surface area is 172 Å². The number of hydrogen-bond donors (Lipinski definition) is 1. The fourth-order valence-corrected chi connectivity index (χ4v) is 3.79. The number of halogens is 1. The fourth-order valence-electron chi connectivity index (χ4n) is 3.79. The highest BCUT2D eigenvalue weighted by molar-refractivity contribution is 5.96. The molecule has 154 valence electrons. The lowest BCUT2D eigenvalue weighted by Crippen LogP contribution is -2.49. The minimum atomic E-state index is -0.350. The molecule has 30 heavy (non-hydrogen) atoms. The van der Waals surface area contributed by atoms with Crippen LogP contribution in [0.1, 0.15) is 16.9 Å². The van der Waals surface area contributed by atoms with Gasteiger partial charge in [0.25, 0.3) is 0 Å². The van der Waals surface area contributed by atoms with Crippen molar-refractivity contribution in [3.63, 3.8) is 0 Å². The van der Waals surface area contributed by atoms with Crippen LogP contribution in [0.3, 0.4) is 0 Å². The molecule has 0 atom stereocenters. The van der Waals surface area contributed by atoms with E-state index in [2.05, 4.69) is 26.4 Å². The zero-order valence-electron chi connectivity index (χ0n) is 16.8. The molecule has 0 unspecified atom stereocenters. The molecule has 1 amide bonds. The van der Waals surface area contributed by atoms with Crippen LogP contribution in [-0.4, -0.2) is 53.7 Å². The minimum Gasteiger partial charge on any atom is -0.367 e. The Morgan fingerprint density at radius 3 is 2.70 bits per heavy atom. The zero-order chi connectivity index (χ0) is 21.3. The van der Waals surface area contributed by atoms with Crippen LogP contribution in [-0.2, 0) is 4.79 Å². The Hall–Kier alpha value is -3.51. The van der Waals surface area contributed by atoms with Crippen LogP contribution in [0.25, 0.3) is 10.9 Å². The summed E-state index contributed by atoms with van der Waals surface area (Å²) in [6.45, 7) is 6.28. The van der Waals surface area contributed by atoms with Crippen molar-refractivity contribution in [3.8, 4) is 6.07 Å². The van der Waals surface area contributed by atoms with Gasteiger partial charge in [-0.15, -0.1) is 0 Å². The van der Waals surface area contributed by atoms with Gasteiger partial charge in [-0.1, -0.05) is 5.16 Å². The van der Waals surface area contributed by atoms with Crippen molar-refractivity contribution in [2.45, 2.75) is 13.8 Å². The molecule has 1 aliphatic rings. The fraction of sp³-hybridized carbons (Fsp3) is 0.333. The first-order valence-corrected chi connectivity index (χ1v) is 9.64. The third-order valence-corrected chi connectivity index (χ3v) is 5.17. The number of nitrogens with zero attached hydrogens (tertiary/aromatic N) is 5. The molecule has 0 saturated carbocycles. The molecule has 1 N–H and O–H groups in total. The third-order valence-electron chi connectivity index (χ3n) is 5.17. The first kappa shape index (κ1) is 19.8. The Kier molecular flexibility index (Phi) is 5.33. The number of pyridine rings is 1. The van der Waals surface area contributed by atoms with E-state index < -0.39 is 0 Å². The van der Waals surface area contributed by atoms with Crippen molar-refractivity contribution in [2.75, 3.05) is 42.9 Å². The molecule has 0 bridgehead atoms. The number of rotatable bonds is 4. The lowest BCUT2D eigenvalue weighted by molar-refractivity contribution is -0.117. The number of benzene rings is 1. The monoisotopic (exact) mass is 408 g/mol. The molecule has 9 heteroatoms. The second-order valence-electron chi connectivity index (χ2n) is 7.39. The van der Waals surface area contributed by atoms with Gasteiger partial charge in [-0.2, -0.15) is 5.26 Å². The summed E-state index contributed by atoms with van der Waals surface area (Å²) in [5.74, 6) is 0.511. The van der Waals surface area contributed by atoms with Crippen LogP contribution in [0.4, 0.5) is 15.9 Å². The van der Waals surface area contributed by atoms with Crippen molar-refractivity contribution in [1.82, 2.24) is 15.0 Å². The van der Waals surface area contributed by atoms with E-state index in [4.69, 9.17) is 4.52 Å². The van der Waals surface area contributed by atoms with Gasteiger partial charge in [0.05, 0.1) is 23.3 Å². The van der Waals surface area contributed by atoms with Gasteiger partial charge >= 0.3 is 0 Å². The van der Waals surface area contributed by atoms with Crippen LogP contribution in [0.2, 0.25) is 0 Å². The number of anilines is 2. The molecule has 1 aliphatic heterocycles. The lowest BCUT2D eigenvalue weighted by Gasteiger charge is -2.36. The highest BCUT2D eigenvalue weighted by Gasteiger charge is 2.24. The standard InChI is InChI=1S/C21H21FN6O2/c1-13-7-16(22)9-17-20(13)24-11-15(10-23)21(17)28-5-3-27(4-6-28)12-19(29)25-18-8-14(2)30-26-18/h7-9,11H,3-6,12H2,1-2H3,(H,25,26,29). The Balaban J connectivity index is 1.48. The molecule has 4 rings (SSSR count). The Bertz CT molecular complexity index is 1140. The van der Waals surface area contributed by atoms with Gasteiger partial charge < -0.3 is 14.7 Å². The van der Waals surface area contributed by atoms with Crippen LogP contribution in [0.15, 0.2) is 28.9 Å². The molecule has 0 radical (unpaired) electrons. The molecule has 0 spiro atoms. The molecule has 3 heterocycles. The first-order chi connectivity index (χ1) is 14.4. The van der Waals surface area contributed by atoms with E-state index in [1.54, 1.807) is 26.1 Å². The number of carbonyl (C=O) groups is 1. The maximum atomic E-state index is 14.1. The summed E-state index contributed by atoms with van der Waals surface area (Å²) in [5, 5.41) is 16.7. The Morgan fingerprint density at radius 1 is 1.27 bits per heavy atom. The number of aryl methyl sites for hydroxylation is 2. The highest BCUT2D eigenvalue weighted by Crippen LogP contribution is 2.32. The summed E-state index contributed by atoms with van der Waals surface area (Å²) in [7, 11) is 0. The third kappa shape index (κ3) is 3.95. The summed E-state index contributed by atoms with van der Waals surface area (Å²) in [6.07, 6.45) is 1.54. The van der Waals surface area contributed by atoms with Gasteiger partial charge in [-0.3, -0.25) is 14.7 Å². The maximum absolute atomic E-state index is 14.1. The number of carbonyl (C=O) groups excluding carboxylic acids is 1. The van der Waals surface area contributed by atoms with Gasteiger partial charge in [0, 0.05) is 43.8 Å². The van der Waals surface area contributed by atoms with Gasteiger partial charge in [0.1, 0.15) is 17.6 Å². The second kappa shape index (κ2) is 8.08. The molecule has 1 fully saturated rings. The summed E-state index contributed by atoms with van der Waals surface area (Å²) in [4.78, 5) is 20.7. The number of nitrogens with one attached hydrogen (secondary N) is 1. The average Bonchev–Trinajstić information content (AvgIpc) is 3.12. The summed E-state index contributed by atoms with van der Waals surface area (Å²) in [6, 6.07) is 6.72. The van der Waals surface area contributed by atoms with Gasteiger partial charge in [0.15, 0.2) is 5.82 Å². The number of amides is 1. The lowest BCUT2D eigenvalue weighted by atomic mass is 10.0. The minimum absolute atomic E-state index is 0.165. The van der Waals surface area contributed by atoms with Crippen molar-refractivity contribution < 1.29 is 13.7 Å². The SMILES string of the molecule is Cc1cc(NC(=O)CN2CCN(c3c(C#N)cnc4c(C)cc(F)cc34)CC2)no1. The number of aromatic nitrogens is 2. The van der Waals surface area contributed by atoms with Crippen molar-refractivity contribution in [1.29, 1.82) is 5.26 Å². The van der Waals surface area contributed by atoms with E-state index in [0.29, 0.717) is 59.9 Å². The normalized spacial score (nSPS) is 14.7. The maximum Gasteiger partial charge on any atom is 0.239 e. The van der Waals surface area contributed by atoms with Crippen molar-refractivity contribution in [3.05, 3.63) is 47.1 Å². The van der Waals surface area contributed by atoms with Crippen LogP contribution >= 0.6 is 0 Å². The summed E-state index contributed by atoms with van der Waals surface area (Å²) in [5.41, 5.74) is 2.54. The van der Waals surface area contributed by atoms with Crippen molar-refractivity contribution in [2.24, 2.45) is 0 Å². The number of piperazine rings is 1. The molecular weight excluding hydrogens is 387 g/mol. The van der Waals surface area contributed by atoms with E-state index in [-0.39, 0.29) is 18.3 Å². The molecule has 3 aromatic rings. The summed E-state index contributed by atoms with van der Waals surface area (Å²) < 4.78 is 19.0. The van der Waals surface area contributed by atoms with E-state index in [1.165, 1.54) is 12.1 Å². The number of nitriles is 1. The molecule has 2 aromatic heterocycles. The van der Waals surface area contributed by atoms with Gasteiger partial charge in [-0.25, -0.2) is 4.39 Å². The topological polar surface area (TPSA) is 98.3 Å². The molecule has 8 nitrogen and oxygen atoms in total. The number of hydrogen-bond acceptors (Lipinski definition) is 7. The smallest absolute Gasteiger partial charge is 0.239 e. The average molecular weight is 408 g/mol. The number of fused-ring (bicyclic) bond motifs is 1. The van der Waals surface area contributed by atoms with Crippen LogP contribution in [0.5, 0.6) is 0 Å². The van der Waals surface area contributed by atoms with E-state index in [9.17, 15) is 14.4 Å². The van der Waals surface area contributed by atoms with E-state index in [0.717, 1.165) is 5.56 Å². The van der Waals surface area contributed by atoms with Crippen molar-refractivity contribution >= 4 is 28.3 Å². The van der Waals surface area contributed by atoms with Crippen LogP contribution < -0.4 is 10.2 Å². The van der Waals surface area contributed by atoms with E-state index in [1.807, 2.05) is 4.90 Å². The second-order valence-corrected chi connectivity index (χ2v) is 7.39. The first-order valence-electron chi connectivity index (χ1n) is 9.64. The zero-order valence-corrected chi connectivity index (χ0v) is 16.8. The molecule has 1 aromatic carbocycles. The highest BCUT2D eigenvalue weighted by atomic mass is 19.1. The van der Waals surface area contributed by atoms with Gasteiger partial charge in [0.2, 0.25) is 5.91 Å². The predicted molar refractivity (Wildman–Crippen MR) is 110 cm³/mol. The summed E-state index contributed by atoms with van der Waals surface area (Å²) >= 11 is 0. The Morgan fingerprint density at radius 2 is 2.03 bits per heavy atom. The molecule has 1 saturated heterocycles. The van der Waals surface area contributed by atoms with Gasteiger partial charge in [-0.05, 0) is 31.5 Å².